The smallest absolute Gasteiger partial charge is 0.159 e. The van der Waals surface area contributed by atoms with Crippen molar-refractivity contribution in [2.24, 2.45) is 0 Å². The molecule has 0 bridgehead atoms. The average Bonchev–Trinajstić information content (AvgIpc) is 3.86. The van der Waals surface area contributed by atoms with Crippen molar-refractivity contribution in [1.82, 2.24) is 0 Å². The van der Waals surface area contributed by atoms with E-state index >= 15 is 0 Å². The van der Waals surface area contributed by atoms with Gasteiger partial charge in [-0.2, -0.15) is 0 Å². The van der Waals surface area contributed by atoms with Crippen molar-refractivity contribution in [3.05, 3.63) is 210 Å². The molecule has 2 heteroatoms. The number of hydrogen-bond donors (Lipinski definition) is 0. The summed E-state index contributed by atoms with van der Waals surface area (Å²) in [5.74, 6) is 0. The molecule has 10 aromatic rings. The second-order valence-corrected chi connectivity index (χ2v) is 17.7. The SMILES string of the molecule is CC1(C)c2ccccc2-c2ccc(-c3c4ccccc4cc4c3oc3c(N(c5ccc(-c6ccccc6)cc5)c5ccc6c(c5)C(C)(C)c5ccccc5-6)cccc34)cc21. The lowest BCUT2D eigenvalue weighted by molar-refractivity contribution is 0.660. The zero-order valence-corrected chi connectivity index (χ0v) is 34.3. The number of furan rings is 1. The normalized spacial score (nSPS) is 14.3. The maximum atomic E-state index is 7.37. The first-order valence-electron chi connectivity index (χ1n) is 21.1. The van der Waals surface area contributed by atoms with Gasteiger partial charge in [-0.05, 0) is 114 Å². The van der Waals surface area contributed by atoms with E-state index in [2.05, 4.69) is 221 Å². The summed E-state index contributed by atoms with van der Waals surface area (Å²) < 4.78 is 7.37. The van der Waals surface area contributed by atoms with Gasteiger partial charge in [0.2, 0.25) is 0 Å². The van der Waals surface area contributed by atoms with Crippen LogP contribution in [0.25, 0.3) is 77.2 Å². The Morgan fingerprint density at radius 2 is 0.917 bits per heavy atom. The van der Waals surface area contributed by atoms with Gasteiger partial charge in [-0.1, -0.05) is 173 Å². The van der Waals surface area contributed by atoms with Crippen LogP contribution in [0.5, 0.6) is 0 Å². The summed E-state index contributed by atoms with van der Waals surface area (Å²) in [6, 6.07) is 69.1. The van der Waals surface area contributed by atoms with E-state index in [9.17, 15) is 0 Å². The van der Waals surface area contributed by atoms with Crippen molar-refractivity contribution in [3.63, 3.8) is 0 Å². The van der Waals surface area contributed by atoms with Crippen LogP contribution in [0.4, 0.5) is 17.1 Å². The van der Waals surface area contributed by atoms with Gasteiger partial charge >= 0.3 is 0 Å². The van der Waals surface area contributed by atoms with Crippen LogP contribution in [0.2, 0.25) is 0 Å². The summed E-state index contributed by atoms with van der Waals surface area (Å²) in [6.45, 7) is 9.41. The fraction of sp³-hybridized carbons (Fsp3) is 0.103. The van der Waals surface area contributed by atoms with Gasteiger partial charge in [-0.25, -0.2) is 0 Å². The van der Waals surface area contributed by atoms with Crippen LogP contribution >= 0.6 is 0 Å². The Morgan fingerprint density at radius 3 is 1.65 bits per heavy atom. The molecule has 60 heavy (non-hydrogen) atoms. The van der Waals surface area contributed by atoms with Crippen molar-refractivity contribution < 1.29 is 4.42 Å². The Bertz CT molecular complexity index is 3370. The number of hydrogen-bond acceptors (Lipinski definition) is 2. The third-order valence-corrected chi connectivity index (χ3v) is 13.7. The molecule has 0 N–H and O–H groups in total. The highest BCUT2D eigenvalue weighted by Gasteiger charge is 2.37. The maximum absolute atomic E-state index is 7.37. The average molecular weight is 770 g/mol. The molecule has 286 valence electrons. The van der Waals surface area contributed by atoms with Gasteiger partial charge < -0.3 is 9.32 Å². The van der Waals surface area contributed by atoms with Gasteiger partial charge in [0.1, 0.15) is 5.58 Å². The van der Waals surface area contributed by atoms with Crippen LogP contribution in [0, 0.1) is 0 Å². The monoisotopic (exact) mass is 769 g/mol. The molecule has 0 unspecified atom stereocenters. The summed E-state index contributed by atoms with van der Waals surface area (Å²) in [6.07, 6.45) is 0. The quantitative estimate of drug-likeness (QED) is 0.173. The molecule has 1 aromatic heterocycles. The molecule has 2 nitrogen and oxygen atoms in total. The summed E-state index contributed by atoms with van der Waals surface area (Å²) >= 11 is 0. The molecule has 2 aliphatic carbocycles. The number of para-hydroxylation sites is 1. The Balaban J connectivity index is 1.09. The fourth-order valence-electron chi connectivity index (χ4n) is 10.6. The second kappa shape index (κ2) is 12.7. The van der Waals surface area contributed by atoms with Crippen molar-refractivity contribution in [3.8, 4) is 44.5 Å². The lowest BCUT2D eigenvalue weighted by Crippen LogP contribution is -2.16. The minimum Gasteiger partial charge on any atom is -0.453 e. The van der Waals surface area contributed by atoms with Gasteiger partial charge in [0.15, 0.2) is 5.58 Å². The molecule has 0 saturated heterocycles. The van der Waals surface area contributed by atoms with Gasteiger partial charge in [-0.15, -0.1) is 0 Å². The van der Waals surface area contributed by atoms with Gasteiger partial charge in [0, 0.05) is 38.5 Å². The summed E-state index contributed by atoms with van der Waals surface area (Å²) in [5.41, 5.74) is 20.1. The molecule has 9 aromatic carbocycles. The number of benzene rings is 9. The van der Waals surface area contributed by atoms with E-state index in [0.717, 1.165) is 44.6 Å². The molecule has 0 radical (unpaired) electrons. The molecule has 0 spiro atoms. The van der Waals surface area contributed by atoms with E-state index in [1.165, 1.54) is 72.0 Å². The predicted molar refractivity (Wildman–Crippen MR) is 252 cm³/mol. The highest BCUT2D eigenvalue weighted by Crippen LogP contribution is 2.53. The zero-order chi connectivity index (χ0) is 40.3. The lowest BCUT2D eigenvalue weighted by atomic mass is 9.81. The topological polar surface area (TPSA) is 16.4 Å². The van der Waals surface area contributed by atoms with E-state index < -0.39 is 0 Å². The highest BCUT2D eigenvalue weighted by molar-refractivity contribution is 6.20. The molecule has 0 saturated carbocycles. The number of rotatable bonds is 5. The molecular weight excluding hydrogens is 727 g/mol. The molecule has 2 aliphatic rings. The van der Waals surface area contributed by atoms with E-state index in [1.54, 1.807) is 0 Å². The van der Waals surface area contributed by atoms with Crippen LogP contribution in [-0.2, 0) is 10.8 Å². The highest BCUT2D eigenvalue weighted by atomic mass is 16.3. The Kier molecular flexibility index (Phi) is 7.36. The van der Waals surface area contributed by atoms with E-state index in [4.69, 9.17) is 4.42 Å². The van der Waals surface area contributed by atoms with Crippen LogP contribution in [0.15, 0.2) is 192 Å². The van der Waals surface area contributed by atoms with Gasteiger partial charge in [-0.3, -0.25) is 0 Å². The van der Waals surface area contributed by atoms with Crippen molar-refractivity contribution in [1.29, 1.82) is 0 Å². The third kappa shape index (κ3) is 4.94. The van der Waals surface area contributed by atoms with Crippen molar-refractivity contribution >= 4 is 49.8 Å². The zero-order valence-electron chi connectivity index (χ0n) is 34.3. The minimum atomic E-state index is -0.142. The molecular formula is C58H43NO. The standard InChI is InChI=1S/C58H43NO/c1-57(2)49-22-12-10-19-43(49)45-31-27-39(34-51(45)57)54-42-18-9-8-17-38(42)33-48-47-21-14-24-53(55(47)60-56(48)54)59(40-28-25-37(26-29-40)36-15-6-5-7-16-36)41-30-32-46-44-20-11-13-23-50(44)58(3,4)52(46)35-41/h5-35H,1-4H3. The molecule has 12 rings (SSSR count). The lowest BCUT2D eigenvalue weighted by Gasteiger charge is -2.28. The molecule has 0 aliphatic heterocycles. The maximum Gasteiger partial charge on any atom is 0.159 e. The predicted octanol–water partition coefficient (Wildman–Crippen LogP) is 16.2. The summed E-state index contributed by atoms with van der Waals surface area (Å²) in [4.78, 5) is 2.40. The number of anilines is 3. The van der Waals surface area contributed by atoms with Gasteiger partial charge in [0.25, 0.3) is 0 Å². The first-order valence-corrected chi connectivity index (χ1v) is 21.1. The molecule has 0 atom stereocenters. The van der Waals surface area contributed by atoms with Crippen LogP contribution in [0.3, 0.4) is 0 Å². The largest absolute Gasteiger partial charge is 0.453 e. The number of nitrogens with zero attached hydrogens (tertiary/aromatic N) is 1. The first-order chi connectivity index (χ1) is 29.3. The van der Waals surface area contributed by atoms with Gasteiger partial charge in [0.05, 0.1) is 5.69 Å². The molecule has 0 fully saturated rings. The second-order valence-electron chi connectivity index (χ2n) is 17.7. The fourth-order valence-corrected chi connectivity index (χ4v) is 10.6. The van der Waals surface area contributed by atoms with Crippen LogP contribution < -0.4 is 4.90 Å². The van der Waals surface area contributed by atoms with Crippen molar-refractivity contribution in [2.45, 2.75) is 38.5 Å². The van der Waals surface area contributed by atoms with E-state index in [-0.39, 0.29) is 10.8 Å². The Labute approximate surface area is 351 Å². The van der Waals surface area contributed by atoms with Crippen LogP contribution in [-0.4, -0.2) is 0 Å². The molecule has 1 heterocycles. The third-order valence-electron chi connectivity index (χ3n) is 13.7. The van der Waals surface area contributed by atoms with E-state index in [0.29, 0.717) is 0 Å². The minimum absolute atomic E-state index is 0.116. The number of fused-ring (bicyclic) bond motifs is 10. The Hall–Kier alpha value is -7.16. The summed E-state index contributed by atoms with van der Waals surface area (Å²) in [5, 5.41) is 4.61. The first kappa shape index (κ1) is 34.8. The summed E-state index contributed by atoms with van der Waals surface area (Å²) in [7, 11) is 0. The van der Waals surface area contributed by atoms with Crippen LogP contribution in [0.1, 0.15) is 49.9 Å². The Morgan fingerprint density at radius 1 is 0.367 bits per heavy atom. The van der Waals surface area contributed by atoms with E-state index in [1.807, 2.05) is 0 Å². The van der Waals surface area contributed by atoms with Crippen molar-refractivity contribution in [2.75, 3.05) is 4.90 Å². The molecule has 0 amide bonds.